The van der Waals surface area contributed by atoms with Crippen LogP contribution in [-0.4, -0.2) is 8.07 Å². The SMILES string of the molecule is C[Si](C)(Cc1ccccc1)C1C[CH]CC1. The minimum absolute atomic E-state index is 1.03. The van der Waals surface area contributed by atoms with Gasteiger partial charge in [-0.1, -0.05) is 61.8 Å². The third kappa shape index (κ3) is 2.72. The van der Waals surface area contributed by atoms with E-state index in [1.54, 1.807) is 5.56 Å². The van der Waals surface area contributed by atoms with Crippen molar-refractivity contribution < 1.29 is 0 Å². The zero-order valence-electron chi connectivity index (χ0n) is 9.87. The molecule has 0 bridgehead atoms. The normalized spacial score (nSPS) is 18.3. The molecule has 81 valence electrons. The first-order valence-corrected chi connectivity index (χ1v) is 9.32. The van der Waals surface area contributed by atoms with Crippen molar-refractivity contribution >= 4 is 8.07 Å². The molecular weight excluding hydrogens is 196 g/mol. The molecule has 15 heavy (non-hydrogen) atoms. The van der Waals surface area contributed by atoms with Crippen LogP contribution in [0.5, 0.6) is 0 Å². The van der Waals surface area contributed by atoms with Crippen molar-refractivity contribution in [1.82, 2.24) is 0 Å². The first-order chi connectivity index (χ1) is 7.18. The highest BCUT2D eigenvalue weighted by atomic mass is 28.3. The zero-order valence-corrected chi connectivity index (χ0v) is 10.9. The molecule has 1 aromatic carbocycles. The molecular formula is C14H21Si. The Morgan fingerprint density at radius 3 is 2.53 bits per heavy atom. The molecule has 0 aromatic heterocycles. The maximum absolute atomic E-state index is 2.56. The Kier molecular flexibility index (Phi) is 3.30. The van der Waals surface area contributed by atoms with Gasteiger partial charge in [-0.25, -0.2) is 0 Å². The maximum atomic E-state index is 2.56. The van der Waals surface area contributed by atoms with Gasteiger partial charge in [-0.05, 0) is 24.4 Å². The van der Waals surface area contributed by atoms with Gasteiger partial charge in [-0.3, -0.25) is 0 Å². The first-order valence-electron chi connectivity index (χ1n) is 6.04. The summed E-state index contributed by atoms with van der Waals surface area (Å²) in [4.78, 5) is 0. The van der Waals surface area contributed by atoms with Crippen molar-refractivity contribution in [3.8, 4) is 0 Å². The number of benzene rings is 1. The van der Waals surface area contributed by atoms with Gasteiger partial charge in [0.25, 0.3) is 0 Å². The monoisotopic (exact) mass is 217 g/mol. The highest BCUT2D eigenvalue weighted by Gasteiger charge is 2.33. The Bertz CT molecular complexity index is 296. The van der Waals surface area contributed by atoms with Gasteiger partial charge in [-0.15, -0.1) is 0 Å². The van der Waals surface area contributed by atoms with Crippen molar-refractivity contribution in [2.75, 3.05) is 0 Å². The van der Waals surface area contributed by atoms with Crippen molar-refractivity contribution in [1.29, 1.82) is 0 Å². The summed E-state index contributed by atoms with van der Waals surface area (Å²) in [5.41, 5.74) is 2.57. The Morgan fingerprint density at radius 2 is 1.93 bits per heavy atom. The van der Waals surface area contributed by atoms with Gasteiger partial charge < -0.3 is 0 Å². The Labute approximate surface area is 94.7 Å². The summed E-state index contributed by atoms with van der Waals surface area (Å²) in [6.07, 6.45) is 6.68. The van der Waals surface area contributed by atoms with Gasteiger partial charge in [-0.2, -0.15) is 0 Å². The van der Waals surface area contributed by atoms with Gasteiger partial charge in [0, 0.05) is 0 Å². The van der Waals surface area contributed by atoms with Crippen LogP contribution in [-0.2, 0) is 6.04 Å². The van der Waals surface area contributed by atoms with Crippen LogP contribution in [0, 0.1) is 6.42 Å². The summed E-state index contributed by atoms with van der Waals surface area (Å²) in [5, 5.41) is 0. The van der Waals surface area contributed by atoms with Crippen LogP contribution in [0.25, 0.3) is 0 Å². The van der Waals surface area contributed by atoms with Crippen molar-refractivity contribution in [2.45, 2.75) is 43.9 Å². The lowest BCUT2D eigenvalue weighted by Crippen LogP contribution is -2.34. The standard InChI is InChI=1S/C14H21Si/c1-15(2,14-10-6-7-11-14)12-13-8-4-3-5-9-13/h3-6,8-9,14H,7,10-12H2,1-2H3. The van der Waals surface area contributed by atoms with Crippen molar-refractivity contribution in [2.24, 2.45) is 0 Å². The van der Waals surface area contributed by atoms with Crippen LogP contribution in [0.1, 0.15) is 24.8 Å². The van der Waals surface area contributed by atoms with Crippen LogP contribution in [0.2, 0.25) is 18.6 Å². The van der Waals surface area contributed by atoms with E-state index >= 15 is 0 Å². The lowest BCUT2D eigenvalue weighted by atomic mass is 10.2. The zero-order chi connectivity index (χ0) is 10.7. The van der Waals surface area contributed by atoms with E-state index in [4.69, 9.17) is 0 Å². The van der Waals surface area contributed by atoms with Gasteiger partial charge in [0.15, 0.2) is 0 Å². The summed E-state index contributed by atoms with van der Waals surface area (Å²) in [6.45, 7) is 5.12. The summed E-state index contributed by atoms with van der Waals surface area (Å²) >= 11 is 0. The Balaban J connectivity index is 2.03. The highest BCUT2D eigenvalue weighted by molar-refractivity contribution is 6.78. The third-order valence-corrected chi connectivity index (χ3v) is 7.83. The Hall–Kier alpha value is -0.563. The number of hydrogen-bond acceptors (Lipinski definition) is 0. The minimum Gasteiger partial charge on any atom is -0.0689 e. The molecule has 1 aromatic rings. The van der Waals surface area contributed by atoms with E-state index in [9.17, 15) is 0 Å². The van der Waals surface area contributed by atoms with Crippen molar-refractivity contribution in [3.63, 3.8) is 0 Å². The van der Waals surface area contributed by atoms with E-state index < -0.39 is 8.07 Å². The van der Waals surface area contributed by atoms with E-state index in [0.29, 0.717) is 0 Å². The number of rotatable bonds is 3. The predicted molar refractivity (Wildman–Crippen MR) is 69.5 cm³/mol. The molecule has 1 aliphatic rings. The first kappa shape index (κ1) is 10.9. The molecule has 1 aliphatic carbocycles. The molecule has 1 heteroatoms. The molecule has 1 saturated carbocycles. The van der Waals surface area contributed by atoms with Crippen LogP contribution in [0.4, 0.5) is 0 Å². The van der Waals surface area contributed by atoms with Crippen LogP contribution < -0.4 is 0 Å². The Morgan fingerprint density at radius 1 is 1.20 bits per heavy atom. The molecule has 1 unspecified atom stereocenters. The van der Waals surface area contributed by atoms with E-state index in [1.165, 1.54) is 25.3 Å². The molecule has 0 saturated heterocycles. The largest absolute Gasteiger partial charge is 0.0689 e. The molecule has 0 nitrogen and oxygen atoms in total. The topological polar surface area (TPSA) is 0 Å². The van der Waals surface area contributed by atoms with Gasteiger partial charge >= 0.3 is 0 Å². The average molecular weight is 217 g/mol. The van der Waals surface area contributed by atoms with Gasteiger partial charge in [0.2, 0.25) is 0 Å². The molecule has 1 atom stereocenters. The minimum atomic E-state index is -1.04. The van der Waals surface area contributed by atoms with Crippen LogP contribution >= 0.6 is 0 Å². The molecule has 0 amide bonds. The number of hydrogen-bond donors (Lipinski definition) is 0. The summed E-state index contributed by atoms with van der Waals surface area (Å²) in [7, 11) is -1.04. The molecule has 1 fully saturated rings. The molecule has 2 rings (SSSR count). The second kappa shape index (κ2) is 4.52. The molecule has 0 spiro atoms. The quantitative estimate of drug-likeness (QED) is 0.665. The fourth-order valence-electron chi connectivity index (χ4n) is 2.73. The van der Waals surface area contributed by atoms with E-state index in [2.05, 4.69) is 49.8 Å². The van der Waals surface area contributed by atoms with Crippen molar-refractivity contribution in [3.05, 3.63) is 42.3 Å². The molecule has 0 aliphatic heterocycles. The second-order valence-electron chi connectivity index (χ2n) is 5.45. The van der Waals surface area contributed by atoms with Crippen LogP contribution in [0.15, 0.2) is 30.3 Å². The third-order valence-electron chi connectivity index (χ3n) is 3.78. The highest BCUT2D eigenvalue weighted by Crippen LogP contribution is 2.39. The van der Waals surface area contributed by atoms with E-state index in [-0.39, 0.29) is 0 Å². The molecule has 1 radical (unpaired) electrons. The second-order valence-corrected chi connectivity index (χ2v) is 10.6. The summed E-state index contributed by atoms with van der Waals surface area (Å²) < 4.78 is 0. The van der Waals surface area contributed by atoms with E-state index in [1.807, 2.05) is 0 Å². The predicted octanol–water partition coefficient (Wildman–Crippen LogP) is 4.24. The summed E-state index contributed by atoms with van der Waals surface area (Å²) in [6, 6.07) is 12.4. The lowest BCUT2D eigenvalue weighted by molar-refractivity contribution is 0.831. The maximum Gasteiger partial charge on any atom is 0.0548 e. The van der Waals surface area contributed by atoms with E-state index in [0.717, 1.165) is 5.54 Å². The van der Waals surface area contributed by atoms with Crippen LogP contribution in [0.3, 0.4) is 0 Å². The van der Waals surface area contributed by atoms with Gasteiger partial charge in [0.1, 0.15) is 0 Å². The molecule has 0 heterocycles. The smallest absolute Gasteiger partial charge is 0.0548 e. The fraction of sp³-hybridized carbons (Fsp3) is 0.500. The fourth-order valence-corrected chi connectivity index (χ4v) is 6.06. The average Bonchev–Trinajstić information content (AvgIpc) is 2.71. The summed E-state index contributed by atoms with van der Waals surface area (Å²) in [5.74, 6) is 0. The molecule has 0 N–H and O–H groups in total. The lowest BCUT2D eigenvalue weighted by Gasteiger charge is -2.29. The van der Waals surface area contributed by atoms with Gasteiger partial charge in [0.05, 0.1) is 8.07 Å².